The van der Waals surface area contributed by atoms with E-state index in [-0.39, 0.29) is 11.1 Å². The van der Waals surface area contributed by atoms with Gasteiger partial charge < -0.3 is 9.84 Å². The van der Waals surface area contributed by atoms with E-state index in [1.807, 2.05) is 48.5 Å². The number of carbonyl (C=O) groups excluding carboxylic acids is 3. The molecular weight excluding hydrogens is 839 g/mol. The highest BCUT2D eigenvalue weighted by molar-refractivity contribution is 7.99. The molecule has 2 atom stereocenters. The van der Waals surface area contributed by atoms with Gasteiger partial charge in [-0.3, -0.25) is 9.59 Å². The van der Waals surface area contributed by atoms with Gasteiger partial charge in [-0.1, -0.05) is 124 Å². The molecule has 318 valence electrons. The van der Waals surface area contributed by atoms with Crippen molar-refractivity contribution in [3.63, 3.8) is 0 Å². The first kappa shape index (κ1) is 43.8. The quantitative estimate of drug-likeness (QED) is 0.105. The third-order valence-corrected chi connectivity index (χ3v) is 14.2. The van der Waals surface area contributed by atoms with Crippen molar-refractivity contribution in [2.75, 3.05) is 7.11 Å². The van der Waals surface area contributed by atoms with Crippen LogP contribution in [-0.4, -0.2) is 47.4 Å². The summed E-state index contributed by atoms with van der Waals surface area (Å²) in [4.78, 5) is 61.2. The number of nitrogens with zero attached hydrogens (tertiary/aromatic N) is 3. The third kappa shape index (κ3) is 7.67. The molecule has 0 aromatic heterocycles. The summed E-state index contributed by atoms with van der Waals surface area (Å²) in [6.45, 7) is 10.3. The number of aliphatic carboxylic acids is 1. The van der Waals surface area contributed by atoms with Gasteiger partial charge in [0.25, 0.3) is 11.8 Å². The van der Waals surface area contributed by atoms with Gasteiger partial charge >= 0.3 is 11.9 Å². The van der Waals surface area contributed by atoms with Crippen molar-refractivity contribution in [2.24, 2.45) is 9.98 Å². The number of fused-ring (bicyclic) bond motifs is 6. The van der Waals surface area contributed by atoms with E-state index in [0.29, 0.717) is 34.4 Å². The smallest absolute Gasteiger partial charge is 0.344 e. The van der Waals surface area contributed by atoms with Gasteiger partial charge in [0, 0.05) is 59.6 Å². The molecule has 1 N–H and O–H groups in total. The molecule has 6 aromatic rings. The summed E-state index contributed by atoms with van der Waals surface area (Å²) in [6, 6.07) is 39.0. The van der Waals surface area contributed by atoms with Crippen LogP contribution in [0.4, 0.5) is 0 Å². The molecule has 2 unspecified atom stereocenters. The van der Waals surface area contributed by atoms with E-state index < -0.39 is 23.8 Å². The van der Waals surface area contributed by atoms with Crippen LogP contribution < -0.4 is 0 Å². The average Bonchev–Trinajstić information content (AvgIpc) is 4.02. The number of rotatable bonds is 10. The molecule has 10 rings (SSSR count). The second-order valence-electron chi connectivity index (χ2n) is 15.7. The molecule has 64 heavy (non-hydrogen) atoms. The molecule has 11 heteroatoms. The van der Waals surface area contributed by atoms with Crippen molar-refractivity contribution in [3.8, 4) is 6.07 Å². The third-order valence-electron chi connectivity index (χ3n) is 12.1. The summed E-state index contributed by atoms with van der Waals surface area (Å²) in [5, 5.41) is 21.0. The SMILES string of the molecule is CC#N.CCC(C)c1ccc(Sc2ccc3c4c(cccc24)C2=NC(=O)C(C(=O)O)=C23)cc1.CCC(C)c1ccc(Sc2ccc3c4c(cccc24)C2=NC(=O)C(C(=O)OC)=C23)cc1. The lowest BCUT2D eigenvalue weighted by atomic mass is 9.99. The second kappa shape index (κ2) is 18.1. The Morgan fingerprint density at radius 3 is 1.44 bits per heavy atom. The van der Waals surface area contributed by atoms with Crippen LogP contribution in [-0.2, 0) is 23.9 Å². The molecule has 0 saturated carbocycles. The lowest BCUT2D eigenvalue weighted by molar-refractivity contribution is -0.138. The van der Waals surface area contributed by atoms with Crippen molar-refractivity contribution in [2.45, 2.75) is 78.9 Å². The van der Waals surface area contributed by atoms with Crippen molar-refractivity contribution in [1.29, 1.82) is 5.26 Å². The van der Waals surface area contributed by atoms with E-state index in [0.717, 1.165) is 71.3 Å². The minimum absolute atomic E-state index is 0.0241. The van der Waals surface area contributed by atoms with Gasteiger partial charge in [0.05, 0.1) is 24.6 Å². The molecule has 2 aliphatic heterocycles. The van der Waals surface area contributed by atoms with E-state index in [9.17, 15) is 24.3 Å². The van der Waals surface area contributed by atoms with Crippen molar-refractivity contribution in [3.05, 3.63) is 154 Å². The molecule has 4 aliphatic rings. The van der Waals surface area contributed by atoms with Gasteiger partial charge in [-0.25, -0.2) is 19.6 Å². The fourth-order valence-corrected chi connectivity index (χ4v) is 10.4. The number of carboxylic acids is 1. The number of allylic oxidation sites excluding steroid dienone is 2. The number of ether oxygens (including phenoxy) is 1. The second-order valence-corrected chi connectivity index (χ2v) is 17.9. The maximum Gasteiger partial charge on any atom is 0.344 e. The number of esters is 1. The Morgan fingerprint density at radius 1 is 0.641 bits per heavy atom. The predicted octanol–water partition coefficient (Wildman–Crippen LogP) is 12.0. The number of benzene rings is 6. The molecule has 0 saturated heterocycles. The van der Waals surface area contributed by atoms with E-state index in [1.165, 1.54) is 30.1 Å². The molecular formula is C53H43N3O6S2. The monoisotopic (exact) mass is 881 g/mol. The van der Waals surface area contributed by atoms with Crippen LogP contribution in [0.3, 0.4) is 0 Å². The molecule has 0 radical (unpaired) electrons. The first-order valence-corrected chi connectivity index (χ1v) is 22.6. The standard InChI is InChI=1S/C26H21NO3S.C25H19NO3S.C2H3N/c1-4-14(2)15-8-10-16(11-9-15)31-20-13-12-18-21-17(20)6-5-7-19(21)24-22(18)23(25(28)27-24)26(29)30-3;1-3-13(2)14-7-9-15(10-8-14)30-19-12-11-17-20-16(19)5-4-6-18(20)23-21(17)22(25(28)29)24(27)26-23;1-2-3/h5-14H,4H2,1-3H3;4-13H,3H2,1-2H3,(H,28,29);1H3. The van der Waals surface area contributed by atoms with E-state index in [1.54, 1.807) is 29.6 Å². The maximum atomic E-state index is 12.4. The summed E-state index contributed by atoms with van der Waals surface area (Å²) in [6.07, 6.45) is 2.24. The Kier molecular flexibility index (Phi) is 12.4. The molecule has 2 aliphatic carbocycles. The van der Waals surface area contributed by atoms with Gasteiger partial charge in [-0.2, -0.15) is 5.26 Å². The maximum absolute atomic E-state index is 12.4. The zero-order valence-electron chi connectivity index (χ0n) is 36.1. The number of aliphatic imine (C=N–C) groups is 2. The van der Waals surface area contributed by atoms with Gasteiger partial charge in [-0.05, 0) is 94.1 Å². The topological polar surface area (TPSA) is 146 Å². The van der Waals surface area contributed by atoms with E-state index in [2.05, 4.69) is 98.3 Å². The molecule has 0 bridgehead atoms. The lowest BCUT2D eigenvalue weighted by Gasteiger charge is -2.11. The normalized spacial score (nSPS) is 14.8. The summed E-state index contributed by atoms with van der Waals surface area (Å²) >= 11 is 3.40. The first-order chi connectivity index (χ1) is 30.9. The lowest BCUT2D eigenvalue weighted by Crippen LogP contribution is -2.11. The minimum Gasteiger partial charge on any atom is -0.477 e. The molecule has 9 nitrogen and oxygen atoms in total. The largest absolute Gasteiger partial charge is 0.477 e. The summed E-state index contributed by atoms with van der Waals surface area (Å²) in [7, 11) is 1.28. The Hall–Kier alpha value is -6.87. The Morgan fingerprint density at radius 2 is 1.05 bits per heavy atom. The highest BCUT2D eigenvalue weighted by Crippen LogP contribution is 2.48. The number of hydrogen-bond donors (Lipinski definition) is 1. The number of carboxylic acid groups (broad SMARTS) is 1. The van der Waals surface area contributed by atoms with Gasteiger partial charge in [-0.15, -0.1) is 0 Å². The first-order valence-electron chi connectivity index (χ1n) is 21.0. The van der Waals surface area contributed by atoms with Gasteiger partial charge in [0.2, 0.25) is 0 Å². The fraction of sp³-hybridized carbons (Fsp3) is 0.189. The Balaban J connectivity index is 0.000000165. The van der Waals surface area contributed by atoms with Crippen LogP contribution in [0.2, 0.25) is 0 Å². The number of carbonyl (C=O) groups is 4. The zero-order valence-corrected chi connectivity index (χ0v) is 37.7. The Labute approximate surface area is 379 Å². The summed E-state index contributed by atoms with van der Waals surface area (Å²) in [5.41, 5.74) is 7.96. The van der Waals surface area contributed by atoms with Gasteiger partial charge in [0.1, 0.15) is 11.1 Å². The van der Waals surface area contributed by atoms with Crippen LogP contribution in [0.5, 0.6) is 0 Å². The van der Waals surface area contributed by atoms with Crippen LogP contribution in [0.15, 0.2) is 150 Å². The minimum atomic E-state index is -1.23. The molecule has 0 spiro atoms. The molecule has 2 heterocycles. The van der Waals surface area contributed by atoms with Crippen molar-refractivity contribution < 1.29 is 29.0 Å². The van der Waals surface area contributed by atoms with E-state index >= 15 is 0 Å². The number of hydrogen-bond acceptors (Lipinski definition) is 8. The van der Waals surface area contributed by atoms with Crippen LogP contribution in [0, 0.1) is 11.3 Å². The highest BCUT2D eigenvalue weighted by Gasteiger charge is 2.40. The number of methoxy groups -OCH3 is 1. The number of nitriles is 1. The predicted molar refractivity (Wildman–Crippen MR) is 254 cm³/mol. The van der Waals surface area contributed by atoms with Crippen LogP contribution in [0.25, 0.3) is 32.7 Å². The average molecular weight is 882 g/mol. The number of amides is 2. The van der Waals surface area contributed by atoms with E-state index in [4.69, 9.17) is 10.00 Å². The fourth-order valence-electron chi connectivity index (χ4n) is 8.48. The molecule has 6 aromatic carbocycles. The molecule has 0 fully saturated rings. The van der Waals surface area contributed by atoms with Crippen LogP contribution in [0.1, 0.15) is 92.7 Å². The van der Waals surface area contributed by atoms with Crippen molar-refractivity contribution >= 4 is 91.4 Å². The molecule has 2 amide bonds. The highest BCUT2D eigenvalue weighted by atomic mass is 32.2. The summed E-state index contributed by atoms with van der Waals surface area (Å²) in [5.74, 6) is -1.97. The Bertz CT molecular complexity index is 3140. The van der Waals surface area contributed by atoms with Gasteiger partial charge in [0.15, 0.2) is 0 Å². The zero-order chi connectivity index (χ0) is 45.4. The van der Waals surface area contributed by atoms with Crippen molar-refractivity contribution in [1.82, 2.24) is 0 Å². The van der Waals surface area contributed by atoms with Crippen LogP contribution >= 0.6 is 23.5 Å². The summed E-state index contributed by atoms with van der Waals surface area (Å²) < 4.78 is 4.85.